The number of rotatable bonds is 7. The lowest BCUT2D eigenvalue weighted by Gasteiger charge is -2.35. The number of carbonyl (C=O) groups is 1. The van der Waals surface area contributed by atoms with Gasteiger partial charge in [-0.1, -0.05) is 6.07 Å². The molecule has 6 rings (SSSR count). The molecule has 0 bridgehead atoms. The first-order valence-electron chi connectivity index (χ1n) is 12.3. The normalized spacial score (nSPS) is 16.7. The predicted octanol–water partition coefficient (Wildman–Crippen LogP) is 3.88. The van der Waals surface area contributed by atoms with Crippen molar-refractivity contribution in [3.05, 3.63) is 84.5 Å². The van der Waals surface area contributed by atoms with E-state index in [9.17, 15) is 9.18 Å². The first-order valence-corrected chi connectivity index (χ1v) is 12.3. The third-order valence-electron chi connectivity index (χ3n) is 6.47. The first kappa shape index (κ1) is 23.6. The number of halogens is 1. The molecular formula is C27H23FN8O2. The Balaban J connectivity index is 1.23. The van der Waals surface area contributed by atoms with Crippen LogP contribution in [-0.4, -0.2) is 53.3 Å². The highest BCUT2D eigenvalue weighted by Gasteiger charge is 2.36. The maximum Gasteiger partial charge on any atom is 0.253 e. The molecule has 1 amide bonds. The second kappa shape index (κ2) is 9.92. The molecule has 5 aromatic rings. The van der Waals surface area contributed by atoms with Gasteiger partial charge >= 0.3 is 0 Å². The average Bonchev–Trinajstić information content (AvgIpc) is 3.35. The molecule has 10 nitrogen and oxygen atoms in total. The molecule has 1 N–H and O–H groups in total. The number of fused-ring (bicyclic) bond motifs is 1. The van der Waals surface area contributed by atoms with Crippen LogP contribution in [0.1, 0.15) is 41.9 Å². The maximum absolute atomic E-state index is 13.5. The summed E-state index contributed by atoms with van der Waals surface area (Å²) in [4.78, 5) is 30.2. The fourth-order valence-electron chi connectivity index (χ4n) is 4.60. The van der Waals surface area contributed by atoms with Crippen LogP contribution in [0.2, 0.25) is 0 Å². The zero-order valence-corrected chi connectivity index (χ0v) is 20.5. The van der Waals surface area contributed by atoms with Gasteiger partial charge in [-0.15, -0.1) is 10.2 Å². The molecule has 0 unspecified atom stereocenters. The lowest BCUT2D eigenvalue weighted by molar-refractivity contribution is 0.0908. The summed E-state index contributed by atoms with van der Waals surface area (Å²) in [5.41, 5.74) is 1.71. The largest absolute Gasteiger partial charge is 0.492 e. The summed E-state index contributed by atoms with van der Waals surface area (Å²) < 4.78 is 21.0. The van der Waals surface area contributed by atoms with Crippen LogP contribution in [0, 0.1) is 5.82 Å². The van der Waals surface area contributed by atoms with E-state index in [0.717, 1.165) is 12.0 Å². The summed E-state index contributed by atoms with van der Waals surface area (Å²) in [5.74, 6) is 1.99. The van der Waals surface area contributed by atoms with Crippen LogP contribution < -0.4 is 10.1 Å². The minimum Gasteiger partial charge on any atom is -0.492 e. The van der Waals surface area contributed by atoms with Crippen LogP contribution >= 0.6 is 0 Å². The fourth-order valence-corrected chi connectivity index (χ4v) is 4.60. The topological polar surface area (TPSA) is 121 Å². The minimum atomic E-state index is -0.499. The molecule has 190 valence electrons. The number of carbonyl (C=O) groups excluding carboxylic acids is 1. The van der Waals surface area contributed by atoms with E-state index in [4.69, 9.17) is 4.74 Å². The van der Waals surface area contributed by atoms with E-state index in [1.165, 1.54) is 12.3 Å². The number of hydrogen-bond donors (Lipinski definition) is 1. The predicted molar refractivity (Wildman–Crippen MR) is 136 cm³/mol. The van der Waals surface area contributed by atoms with E-state index in [2.05, 4.69) is 35.5 Å². The number of ether oxygens (including phenoxy) is 1. The lowest BCUT2D eigenvalue weighted by Crippen LogP contribution is -2.44. The summed E-state index contributed by atoms with van der Waals surface area (Å²) in [7, 11) is 0. The Labute approximate surface area is 217 Å². The molecule has 5 aromatic heterocycles. The number of nitrogens with one attached hydrogen (secondary N) is 1. The molecule has 0 aromatic carbocycles. The Bertz CT molecular complexity index is 1600. The smallest absolute Gasteiger partial charge is 0.253 e. The molecule has 5 heterocycles. The van der Waals surface area contributed by atoms with Crippen LogP contribution in [0.4, 0.5) is 4.39 Å². The van der Waals surface area contributed by atoms with Gasteiger partial charge in [0, 0.05) is 30.4 Å². The molecule has 0 aliphatic heterocycles. The highest BCUT2D eigenvalue weighted by Crippen LogP contribution is 2.38. The molecule has 1 aliphatic carbocycles. The molecule has 1 saturated carbocycles. The van der Waals surface area contributed by atoms with Crippen molar-refractivity contribution in [3.8, 4) is 23.1 Å². The van der Waals surface area contributed by atoms with Crippen LogP contribution in [-0.2, 0) is 0 Å². The van der Waals surface area contributed by atoms with Gasteiger partial charge in [0.25, 0.3) is 5.91 Å². The number of aromatic nitrogens is 7. The number of amides is 1. The van der Waals surface area contributed by atoms with Gasteiger partial charge < -0.3 is 10.1 Å². The third kappa shape index (κ3) is 4.42. The van der Waals surface area contributed by atoms with E-state index in [-0.39, 0.29) is 17.9 Å². The molecule has 0 spiro atoms. The van der Waals surface area contributed by atoms with Gasteiger partial charge in [0.1, 0.15) is 34.4 Å². The fraction of sp³-hybridized carbons (Fsp3) is 0.222. The van der Waals surface area contributed by atoms with Crippen molar-refractivity contribution in [2.24, 2.45) is 0 Å². The summed E-state index contributed by atoms with van der Waals surface area (Å²) in [6.45, 7) is 2.48. The van der Waals surface area contributed by atoms with Gasteiger partial charge in [0.15, 0.2) is 5.82 Å². The van der Waals surface area contributed by atoms with E-state index in [0.29, 0.717) is 59.1 Å². The Hall–Kier alpha value is -4.80. The molecule has 38 heavy (non-hydrogen) atoms. The maximum atomic E-state index is 13.5. The summed E-state index contributed by atoms with van der Waals surface area (Å²) in [6.07, 6.45) is 7.31. The van der Waals surface area contributed by atoms with Gasteiger partial charge in [-0.3, -0.25) is 19.3 Å². The number of hydrogen-bond acceptors (Lipinski definition) is 8. The SMILES string of the molecule is CCOc1ccc(-c2nnc(C3CC(NC(=O)c4ccnc5cc(F)cnc45)C3)n2-c2ccccn2)nc1. The van der Waals surface area contributed by atoms with E-state index < -0.39 is 5.82 Å². The van der Waals surface area contributed by atoms with Gasteiger partial charge in [0.05, 0.1) is 30.1 Å². The quantitative estimate of drug-likeness (QED) is 0.350. The van der Waals surface area contributed by atoms with Crippen molar-refractivity contribution in [3.63, 3.8) is 0 Å². The second-order valence-electron chi connectivity index (χ2n) is 8.94. The standard InChI is InChI=1S/C27H23FN8O2/c1-2-38-19-6-7-21(31-15-19)26-35-34-25(36(26)23-5-3-4-9-30-23)16-11-18(12-16)33-27(37)20-8-10-29-22-13-17(28)14-32-24(20)22/h3-10,13-16,18H,2,11-12H2,1H3,(H,33,37). The van der Waals surface area contributed by atoms with Crippen molar-refractivity contribution in [2.75, 3.05) is 6.61 Å². The average molecular weight is 511 g/mol. The van der Waals surface area contributed by atoms with Crippen molar-refractivity contribution < 1.29 is 13.9 Å². The Morgan fingerprint density at radius 1 is 1.05 bits per heavy atom. The molecule has 0 radical (unpaired) electrons. The highest BCUT2D eigenvalue weighted by atomic mass is 19.1. The van der Waals surface area contributed by atoms with Gasteiger partial charge in [-0.2, -0.15) is 0 Å². The van der Waals surface area contributed by atoms with Gasteiger partial charge in [0.2, 0.25) is 0 Å². The van der Waals surface area contributed by atoms with Crippen molar-refractivity contribution in [1.29, 1.82) is 0 Å². The van der Waals surface area contributed by atoms with Gasteiger partial charge in [-0.25, -0.2) is 14.4 Å². The molecule has 11 heteroatoms. The van der Waals surface area contributed by atoms with Crippen LogP contribution in [0.15, 0.2) is 67.3 Å². The molecule has 1 fully saturated rings. The third-order valence-corrected chi connectivity index (χ3v) is 6.47. The van der Waals surface area contributed by atoms with Crippen molar-refractivity contribution in [1.82, 2.24) is 40.0 Å². The van der Waals surface area contributed by atoms with Crippen molar-refractivity contribution in [2.45, 2.75) is 31.7 Å². The van der Waals surface area contributed by atoms with E-state index in [1.807, 2.05) is 41.8 Å². The van der Waals surface area contributed by atoms with Crippen LogP contribution in [0.5, 0.6) is 5.75 Å². The molecule has 0 saturated heterocycles. The monoisotopic (exact) mass is 510 g/mol. The molecular weight excluding hydrogens is 487 g/mol. The summed E-state index contributed by atoms with van der Waals surface area (Å²) in [5, 5.41) is 12.0. The first-order chi connectivity index (χ1) is 18.6. The molecule has 1 aliphatic rings. The Morgan fingerprint density at radius 3 is 2.71 bits per heavy atom. The van der Waals surface area contributed by atoms with E-state index in [1.54, 1.807) is 18.5 Å². The van der Waals surface area contributed by atoms with E-state index >= 15 is 0 Å². The van der Waals surface area contributed by atoms with Crippen LogP contribution in [0.3, 0.4) is 0 Å². The highest BCUT2D eigenvalue weighted by molar-refractivity contribution is 6.04. The lowest BCUT2D eigenvalue weighted by atomic mass is 9.79. The van der Waals surface area contributed by atoms with Crippen LogP contribution in [0.25, 0.3) is 28.4 Å². The zero-order chi connectivity index (χ0) is 26.1. The Morgan fingerprint density at radius 2 is 1.95 bits per heavy atom. The second-order valence-corrected chi connectivity index (χ2v) is 8.94. The minimum absolute atomic E-state index is 0.0582. The van der Waals surface area contributed by atoms with Gasteiger partial charge in [-0.05, 0) is 50.1 Å². The number of nitrogens with zero attached hydrogens (tertiary/aromatic N) is 7. The van der Waals surface area contributed by atoms with Crippen molar-refractivity contribution >= 4 is 16.9 Å². The Kier molecular flexibility index (Phi) is 6.16. The summed E-state index contributed by atoms with van der Waals surface area (Å²) >= 11 is 0. The molecule has 0 atom stereocenters. The zero-order valence-electron chi connectivity index (χ0n) is 20.5. The summed E-state index contributed by atoms with van der Waals surface area (Å²) in [6, 6.07) is 12.1. The number of pyridine rings is 4.